The smallest absolute Gasteiger partial charge is 0.227 e. The standard InChI is InChI=1S/C20H29N3O3/c1-14(24)15-8-10-18(11-9-15)22-20(26)17-6-4-16(5-7-17)19(25)21-12-13-23(2)3/h8-11,16-17H,4-7,12-13H2,1-3H3,(H,21,25)(H,22,26). The highest BCUT2D eigenvalue weighted by Crippen LogP contribution is 2.29. The third-order valence-corrected chi connectivity index (χ3v) is 4.89. The van der Waals surface area contributed by atoms with Crippen molar-refractivity contribution in [3.8, 4) is 0 Å². The Morgan fingerprint density at radius 1 is 0.962 bits per heavy atom. The molecule has 2 amide bonds. The molecule has 0 heterocycles. The van der Waals surface area contributed by atoms with Crippen LogP contribution in [0, 0.1) is 11.8 Å². The number of carbonyl (C=O) groups excluding carboxylic acids is 3. The van der Waals surface area contributed by atoms with Gasteiger partial charge in [-0.2, -0.15) is 0 Å². The maximum Gasteiger partial charge on any atom is 0.227 e. The van der Waals surface area contributed by atoms with E-state index in [1.807, 2.05) is 19.0 Å². The van der Waals surface area contributed by atoms with Crippen molar-refractivity contribution >= 4 is 23.3 Å². The molecule has 0 aliphatic heterocycles. The number of likely N-dealkylation sites (N-methyl/N-ethyl adjacent to an activating group) is 1. The van der Waals surface area contributed by atoms with Crippen molar-refractivity contribution in [3.05, 3.63) is 29.8 Å². The number of hydrogen-bond acceptors (Lipinski definition) is 4. The van der Waals surface area contributed by atoms with E-state index in [-0.39, 0.29) is 29.4 Å². The summed E-state index contributed by atoms with van der Waals surface area (Å²) in [5.74, 6) is 0.0481. The molecule has 1 aliphatic carbocycles. The average molecular weight is 359 g/mol. The lowest BCUT2D eigenvalue weighted by atomic mass is 9.81. The van der Waals surface area contributed by atoms with Gasteiger partial charge < -0.3 is 15.5 Å². The molecule has 0 unspecified atom stereocenters. The Morgan fingerprint density at radius 3 is 2.00 bits per heavy atom. The molecule has 1 fully saturated rings. The van der Waals surface area contributed by atoms with Gasteiger partial charge in [-0.15, -0.1) is 0 Å². The molecule has 6 nitrogen and oxygen atoms in total. The van der Waals surface area contributed by atoms with Gasteiger partial charge in [0.1, 0.15) is 0 Å². The molecule has 0 saturated heterocycles. The Labute approximate surface area is 155 Å². The summed E-state index contributed by atoms with van der Waals surface area (Å²) in [4.78, 5) is 37.9. The van der Waals surface area contributed by atoms with Gasteiger partial charge in [0.05, 0.1) is 0 Å². The summed E-state index contributed by atoms with van der Waals surface area (Å²) in [6.07, 6.45) is 2.94. The number of Topliss-reactive ketones (excluding diaryl/α,β-unsaturated/α-hetero) is 1. The second-order valence-electron chi connectivity index (χ2n) is 7.27. The molecular weight excluding hydrogens is 330 g/mol. The van der Waals surface area contributed by atoms with Crippen LogP contribution in [0.2, 0.25) is 0 Å². The zero-order valence-electron chi connectivity index (χ0n) is 15.9. The average Bonchev–Trinajstić information content (AvgIpc) is 2.62. The van der Waals surface area contributed by atoms with Crippen molar-refractivity contribution in [1.82, 2.24) is 10.2 Å². The first kappa shape index (κ1) is 20.1. The second-order valence-corrected chi connectivity index (χ2v) is 7.27. The Hall–Kier alpha value is -2.21. The lowest BCUT2D eigenvalue weighted by molar-refractivity contribution is -0.128. The van der Waals surface area contributed by atoms with Crippen LogP contribution in [0.25, 0.3) is 0 Å². The van der Waals surface area contributed by atoms with Gasteiger partial charge in [0.15, 0.2) is 5.78 Å². The number of amides is 2. The van der Waals surface area contributed by atoms with Gasteiger partial charge in [-0.05, 0) is 71.0 Å². The molecule has 6 heteroatoms. The van der Waals surface area contributed by atoms with Crippen LogP contribution >= 0.6 is 0 Å². The van der Waals surface area contributed by atoms with Gasteiger partial charge in [0, 0.05) is 36.2 Å². The monoisotopic (exact) mass is 359 g/mol. The molecule has 2 N–H and O–H groups in total. The highest BCUT2D eigenvalue weighted by Gasteiger charge is 2.29. The summed E-state index contributed by atoms with van der Waals surface area (Å²) >= 11 is 0. The predicted octanol–water partition coefficient (Wildman–Crippen LogP) is 2.31. The summed E-state index contributed by atoms with van der Waals surface area (Å²) in [5.41, 5.74) is 1.33. The van der Waals surface area contributed by atoms with Crippen LogP contribution in [0.5, 0.6) is 0 Å². The van der Waals surface area contributed by atoms with E-state index in [9.17, 15) is 14.4 Å². The van der Waals surface area contributed by atoms with E-state index in [2.05, 4.69) is 10.6 Å². The fourth-order valence-electron chi connectivity index (χ4n) is 3.20. The number of carbonyl (C=O) groups is 3. The third kappa shape index (κ3) is 5.95. The quantitative estimate of drug-likeness (QED) is 0.732. The molecule has 0 aromatic heterocycles. The van der Waals surface area contributed by atoms with E-state index in [1.54, 1.807) is 24.3 Å². The van der Waals surface area contributed by atoms with Gasteiger partial charge in [-0.25, -0.2) is 0 Å². The van der Waals surface area contributed by atoms with Crippen molar-refractivity contribution in [1.29, 1.82) is 0 Å². The van der Waals surface area contributed by atoms with Crippen LogP contribution in [0.4, 0.5) is 5.69 Å². The summed E-state index contributed by atoms with van der Waals surface area (Å²) in [6.45, 7) is 3.00. The maximum atomic E-state index is 12.4. The minimum Gasteiger partial charge on any atom is -0.355 e. The first-order valence-corrected chi connectivity index (χ1v) is 9.21. The van der Waals surface area contributed by atoms with Crippen molar-refractivity contribution in [2.75, 3.05) is 32.5 Å². The summed E-state index contributed by atoms with van der Waals surface area (Å²) in [6, 6.07) is 6.93. The lowest BCUT2D eigenvalue weighted by Crippen LogP contribution is -2.38. The van der Waals surface area contributed by atoms with Gasteiger partial charge in [0.25, 0.3) is 0 Å². The molecule has 0 atom stereocenters. The Morgan fingerprint density at radius 2 is 1.50 bits per heavy atom. The van der Waals surface area contributed by atoms with Crippen LogP contribution in [0.15, 0.2) is 24.3 Å². The molecule has 2 rings (SSSR count). The van der Waals surface area contributed by atoms with Crippen LogP contribution < -0.4 is 10.6 Å². The van der Waals surface area contributed by atoms with Gasteiger partial charge in [-0.1, -0.05) is 0 Å². The maximum absolute atomic E-state index is 12.4. The number of rotatable bonds is 7. The van der Waals surface area contributed by atoms with Gasteiger partial charge in [-0.3, -0.25) is 14.4 Å². The lowest BCUT2D eigenvalue weighted by Gasteiger charge is -2.27. The van der Waals surface area contributed by atoms with E-state index in [0.29, 0.717) is 17.8 Å². The van der Waals surface area contributed by atoms with Gasteiger partial charge >= 0.3 is 0 Å². The molecular formula is C20H29N3O3. The summed E-state index contributed by atoms with van der Waals surface area (Å²) < 4.78 is 0. The molecule has 142 valence electrons. The summed E-state index contributed by atoms with van der Waals surface area (Å²) in [7, 11) is 3.95. The minimum atomic E-state index is -0.0618. The molecule has 1 aromatic carbocycles. The topological polar surface area (TPSA) is 78.5 Å². The molecule has 1 aromatic rings. The Kier molecular flexibility index (Phi) is 7.33. The molecule has 1 aliphatic rings. The fourth-order valence-corrected chi connectivity index (χ4v) is 3.20. The summed E-state index contributed by atoms with van der Waals surface area (Å²) in [5, 5.41) is 5.89. The van der Waals surface area contributed by atoms with E-state index < -0.39 is 0 Å². The zero-order chi connectivity index (χ0) is 19.1. The molecule has 26 heavy (non-hydrogen) atoms. The third-order valence-electron chi connectivity index (χ3n) is 4.89. The van der Waals surface area contributed by atoms with E-state index in [0.717, 1.165) is 32.2 Å². The highest BCUT2D eigenvalue weighted by molar-refractivity contribution is 5.96. The van der Waals surface area contributed by atoms with Crippen LogP contribution in [-0.2, 0) is 9.59 Å². The Balaban J connectivity index is 1.77. The van der Waals surface area contributed by atoms with Gasteiger partial charge in [0.2, 0.25) is 11.8 Å². The van der Waals surface area contributed by atoms with Crippen molar-refractivity contribution in [2.45, 2.75) is 32.6 Å². The zero-order valence-corrected chi connectivity index (χ0v) is 15.9. The number of anilines is 1. The Bertz CT molecular complexity index is 632. The molecule has 0 spiro atoms. The number of hydrogen-bond donors (Lipinski definition) is 2. The SMILES string of the molecule is CC(=O)c1ccc(NC(=O)C2CCC(C(=O)NCCN(C)C)CC2)cc1. The number of ketones is 1. The minimum absolute atomic E-state index is 0.00468. The van der Waals surface area contributed by atoms with Crippen LogP contribution in [0.1, 0.15) is 43.0 Å². The van der Waals surface area contributed by atoms with Crippen molar-refractivity contribution in [3.63, 3.8) is 0 Å². The number of nitrogens with zero attached hydrogens (tertiary/aromatic N) is 1. The first-order valence-electron chi connectivity index (χ1n) is 9.21. The van der Waals surface area contributed by atoms with Crippen LogP contribution in [-0.4, -0.2) is 49.7 Å². The number of nitrogens with one attached hydrogen (secondary N) is 2. The van der Waals surface area contributed by atoms with E-state index >= 15 is 0 Å². The van der Waals surface area contributed by atoms with E-state index in [1.165, 1.54) is 6.92 Å². The van der Waals surface area contributed by atoms with Crippen LogP contribution in [0.3, 0.4) is 0 Å². The molecule has 0 radical (unpaired) electrons. The van der Waals surface area contributed by atoms with E-state index in [4.69, 9.17) is 0 Å². The first-order chi connectivity index (χ1) is 12.4. The molecule has 1 saturated carbocycles. The molecule has 0 bridgehead atoms. The van der Waals surface area contributed by atoms with Crippen molar-refractivity contribution < 1.29 is 14.4 Å². The fraction of sp³-hybridized carbons (Fsp3) is 0.550. The normalized spacial score (nSPS) is 19.8. The largest absolute Gasteiger partial charge is 0.355 e. The highest BCUT2D eigenvalue weighted by atomic mass is 16.2. The second kappa shape index (κ2) is 9.48. The predicted molar refractivity (Wildman–Crippen MR) is 102 cm³/mol. The van der Waals surface area contributed by atoms with Crippen molar-refractivity contribution in [2.24, 2.45) is 11.8 Å². The number of benzene rings is 1.